The van der Waals surface area contributed by atoms with E-state index in [-0.39, 0.29) is 12.5 Å². The Bertz CT molecular complexity index is 1230. The van der Waals surface area contributed by atoms with Crippen LogP contribution in [-0.4, -0.2) is 12.5 Å². The van der Waals surface area contributed by atoms with E-state index in [9.17, 15) is 4.79 Å². The van der Waals surface area contributed by atoms with Crippen molar-refractivity contribution in [2.45, 2.75) is 13.5 Å². The molecule has 0 spiro atoms. The molecule has 0 saturated carbocycles. The van der Waals surface area contributed by atoms with Gasteiger partial charge in [0.1, 0.15) is 29.6 Å². The molecule has 0 aromatic heterocycles. The summed E-state index contributed by atoms with van der Waals surface area (Å²) < 4.78 is 17.4. The van der Waals surface area contributed by atoms with Crippen LogP contribution >= 0.6 is 11.6 Å². The van der Waals surface area contributed by atoms with Gasteiger partial charge in [-0.3, -0.25) is 4.79 Å². The van der Waals surface area contributed by atoms with Gasteiger partial charge in [-0.05, 0) is 85.8 Å². The third kappa shape index (κ3) is 6.30. The second-order valence-corrected chi connectivity index (χ2v) is 7.83. The van der Waals surface area contributed by atoms with E-state index >= 15 is 0 Å². The zero-order valence-corrected chi connectivity index (χ0v) is 19.4. The van der Waals surface area contributed by atoms with E-state index in [2.05, 4.69) is 5.32 Å². The van der Waals surface area contributed by atoms with Gasteiger partial charge in [0.2, 0.25) is 0 Å². The van der Waals surface area contributed by atoms with Gasteiger partial charge in [0.25, 0.3) is 5.91 Å². The molecular weight excluding hydrogens is 450 g/mol. The van der Waals surface area contributed by atoms with E-state index in [1.54, 1.807) is 54.6 Å². The topological polar surface area (TPSA) is 56.8 Å². The molecule has 0 aliphatic carbocycles. The number of amides is 1. The lowest BCUT2D eigenvalue weighted by atomic mass is 10.1. The fraction of sp³-hybridized carbons (Fsp3) is 0.107. The van der Waals surface area contributed by atoms with E-state index in [0.717, 1.165) is 11.3 Å². The van der Waals surface area contributed by atoms with Crippen molar-refractivity contribution in [2.75, 3.05) is 11.9 Å². The predicted molar refractivity (Wildman–Crippen MR) is 134 cm³/mol. The highest BCUT2D eigenvalue weighted by Gasteiger charge is 2.12. The van der Waals surface area contributed by atoms with E-state index in [1.807, 2.05) is 49.4 Å². The Kier molecular flexibility index (Phi) is 7.68. The fourth-order valence-electron chi connectivity index (χ4n) is 3.26. The van der Waals surface area contributed by atoms with Crippen LogP contribution in [0.25, 0.3) is 0 Å². The molecule has 4 aromatic carbocycles. The highest BCUT2D eigenvalue weighted by molar-refractivity contribution is 6.30. The number of para-hydroxylation sites is 1. The molecule has 6 heteroatoms. The monoisotopic (exact) mass is 473 g/mol. The molecule has 1 amide bonds. The number of hydrogen-bond donors (Lipinski definition) is 1. The normalized spacial score (nSPS) is 10.4. The molecule has 4 aromatic rings. The van der Waals surface area contributed by atoms with Gasteiger partial charge in [-0.15, -0.1) is 0 Å². The first kappa shape index (κ1) is 23.2. The molecular formula is C28H24ClNO4. The van der Waals surface area contributed by atoms with Gasteiger partial charge in [0.15, 0.2) is 0 Å². The molecule has 0 saturated heterocycles. The Morgan fingerprint density at radius 1 is 0.794 bits per heavy atom. The SMILES string of the molecule is CCOc1ccc(C(=O)Nc2ccc(Oc3ccccc3)cc2)cc1COc1ccc(Cl)cc1. The average molecular weight is 474 g/mol. The van der Waals surface area contributed by atoms with E-state index in [0.29, 0.717) is 40.1 Å². The molecule has 0 heterocycles. The van der Waals surface area contributed by atoms with Crippen LogP contribution in [0.15, 0.2) is 97.1 Å². The molecule has 0 atom stereocenters. The lowest BCUT2D eigenvalue weighted by Gasteiger charge is -2.14. The average Bonchev–Trinajstić information content (AvgIpc) is 2.86. The highest BCUT2D eigenvalue weighted by atomic mass is 35.5. The lowest BCUT2D eigenvalue weighted by molar-refractivity contribution is 0.102. The maximum Gasteiger partial charge on any atom is 0.255 e. The summed E-state index contributed by atoms with van der Waals surface area (Å²) in [6, 6.07) is 29.2. The van der Waals surface area contributed by atoms with Crippen molar-refractivity contribution in [3.63, 3.8) is 0 Å². The Morgan fingerprint density at radius 3 is 2.18 bits per heavy atom. The van der Waals surface area contributed by atoms with Gasteiger partial charge in [-0.2, -0.15) is 0 Å². The number of carbonyl (C=O) groups excluding carboxylic acids is 1. The molecule has 5 nitrogen and oxygen atoms in total. The van der Waals surface area contributed by atoms with Crippen molar-refractivity contribution in [3.05, 3.63) is 113 Å². The van der Waals surface area contributed by atoms with E-state index in [1.165, 1.54) is 0 Å². The maximum absolute atomic E-state index is 12.9. The van der Waals surface area contributed by atoms with Crippen LogP contribution in [0.3, 0.4) is 0 Å². The van der Waals surface area contributed by atoms with Gasteiger partial charge in [0.05, 0.1) is 6.61 Å². The zero-order chi connectivity index (χ0) is 23.8. The predicted octanol–water partition coefficient (Wildman–Crippen LogP) is 7.36. The number of ether oxygens (including phenoxy) is 3. The lowest BCUT2D eigenvalue weighted by Crippen LogP contribution is -2.13. The number of nitrogens with one attached hydrogen (secondary N) is 1. The van der Waals surface area contributed by atoms with Crippen LogP contribution in [0.2, 0.25) is 5.02 Å². The summed E-state index contributed by atoms with van der Waals surface area (Å²) >= 11 is 5.94. The minimum absolute atomic E-state index is 0.229. The molecule has 0 unspecified atom stereocenters. The molecule has 4 rings (SSSR count). The summed E-state index contributed by atoms with van der Waals surface area (Å²) in [5.74, 6) is 2.57. The van der Waals surface area contributed by atoms with Crippen molar-refractivity contribution in [1.29, 1.82) is 0 Å². The summed E-state index contributed by atoms with van der Waals surface area (Å²) in [6.07, 6.45) is 0. The summed E-state index contributed by atoms with van der Waals surface area (Å²) in [7, 11) is 0. The smallest absolute Gasteiger partial charge is 0.255 e. The Morgan fingerprint density at radius 2 is 1.47 bits per heavy atom. The number of hydrogen-bond acceptors (Lipinski definition) is 4. The second-order valence-electron chi connectivity index (χ2n) is 7.39. The first-order chi connectivity index (χ1) is 16.6. The maximum atomic E-state index is 12.9. The van der Waals surface area contributed by atoms with Crippen LogP contribution in [0.4, 0.5) is 5.69 Å². The van der Waals surface area contributed by atoms with Gasteiger partial charge in [-0.25, -0.2) is 0 Å². The van der Waals surface area contributed by atoms with Gasteiger partial charge < -0.3 is 19.5 Å². The summed E-state index contributed by atoms with van der Waals surface area (Å²) in [4.78, 5) is 12.9. The quantitative estimate of drug-likeness (QED) is 0.276. The molecule has 34 heavy (non-hydrogen) atoms. The van der Waals surface area contributed by atoms with Crippen LogP contribution in [0.5, 0.6) is 23.0 Å². The Labute approximate surface area is 203 Å². The van der Waals surface area contributed by atoms with Crippen molar-refractivity contribution in [2.24, 2.45) is 0 Å². The number of benzene rings is 4. The summed E-state index contributed by atoms with van der Waals surface area (Å²) in [5, 5.41) is 3.56. The van der Waals surface area contributed by atoms with Gasteiger partial charge in [-0.1, -0.05) is 29.8 Å². The second kappa shape index (κ2) is 11.3. The molecule has 1 N–H and O–H groups in total. The minimum atomic E-state index is -0.229. The largest absolute Gasteiger partial charge is 0.493 e. The Hall–Kier alpha value is -3.96. The molecule has 0 aliphatic rings. The van der Waals surface area contributed by atoms with E-state index < -0.39 is 0 Å². The fourth-order valence-corrected chi connectivity index (χ4v) is 3.38. The molecule has 172 valence electrons. The van der Waals surface area contributed by atoms with Crippen LogP contribution in [-0.2, 0) is 6.61 Å². The van der Waals surface area contributed by atoms with Crippen molar-refractivity contribution < 1.29 is 19.0 Å². The summed E-state index contributed by atoms with van der Waals surface area (Å²) in [5.41, 5.74) is 1.94. The highest BCUT2D eigenvalue weighted by Crippen LogP contribution is 2.25. The van der Waals surface area contributed by atoms with Crippen molar-refractivity contribution in [3.8, 4) is 23.0 Å². The van der Waals surface area contributed by atoms with Crippen LogP contribution < -0.4 is 19.5 Å². The van der Waals surface area contributed by atoms with Crippen molar-refractivity contribution in [1.82, 2.24) is 0 Å². The third-order valence-corrected chi connectivity index (χ3v) is 5.17. The number of rotatable bonds is 9. The van der Waals surface area contributed by atoms with Crippen molar-refractivity contribution >= 4 is 23.2 Å². The minimum Gasteiger partial charge on any atom is -0.493 e. The third-order valence-electron chi connectivity index (χ3n) is 4.92. The number of halogens is 1. The first-order valence-corrected chi connectivity index (χ1v) is 11.3. The zero-order valence-electron chi connectivity index (χ0n) is 18.7. The molecule has 0 fully saturated rings. The standard InChI is InChI=1S/C28H24ClNO4/c1-2-32-27-17-8-20(18-21(27)19-33-24-13-9-22(29)10-14-24)28(31)30-23-11-15-26(16-12-23)34-25-6-4-3-5-7-25/h3-18H,2,19H2,1H3,(H,30,31). The van der Waals surface area contributed by atoms with Gasteiger partial charge >= 0.3 is 0 Å². The number of carbonyl (C=O) groups is 1. The summed E-state index contributed by atoms with van der Waals surface area (Å²) in [6.45, 7) is 2.68. The van der Waals surface area contributed by atoms with Gasteiger partial charge in [0, 0.05) is 21.8 Å². The van der Waals surface area contributed by atoms with Crippen LogP contribution in [0.1, 0.15) is 22.8 Å². The first-order valence-electron chi connectivity index (χ1n) is 10.9. The molecule has 0 bridgehead atoms. The van der Waals surface area contributed by atoms with Crippen LogP contribution in [0, 0.1) is 0 Å². The number of anilines is 1. The molecule has 0 aliphatic heterocycles. The molecule has 0 radical (unpaired) electrons. The van der Waals surface area contributed by atoms with E-state index in [4.69, 9.17) is 25.8 Å². The Balaban J connectivity index is 1.43.